The van der Waals surface area contributed by atoms with Crippen molar-refractivity contribution in [3.8, 4) is 6.07 Å². The minimum atomic E-state index is -0.406. The lowest BCUT2D eigenvalue weighted by atomic mass is 10.1. The summed E-state index contributed by atoms with van der Waals surface area (Å²) >= 11 is 3.20. The van der Waals surface area contributed by atoms with Crippen molar-refractivity contribution < 1.29 is 9.53 Å². The standard InChI is InChI=1S/C10H8BrNO2/c1-2-14-10(13)7-3-4-9(11)8(5-7)6-12/h3-5H,2H2,1H3. The fraction of sp³-hybridized carbons (Fsp3) is 0.200. The van der Waals surface area contributed by atoms with Crippen molar-refractivity contribution in [3.05, 3.63) is 33.8 Å². The number of rotatable bonds is 2. The van der Waals surface area contributed by atoms with Crippen LogP contribution in [0.1, 0.15) is 22.8 Å². The van der Waals surface area contributed by atoms with Gasteiger partial charge < -0.3 is 4.74 Å². The molecule has 0 fully saturated rings. The molecule has 72 valence electrons. The van der Waals surface area contributed by atoms with E-state index in [1.807, 2.05) is 6.07 Å². The van der Waals surface area contributed by atoms with Crippen LogP contribution in [0.4, 0.5) is 0 Å². The molecule has 0 amide bonds. The van der Waals surface area contributed by atoms with E-state index in [1.165, 1.54) is 6.07 Å². The first-order valence-electron chi connectivity index (χ1n) is 4.05. The van der Waals surface area contributed by atoms with E-state index in [1.54, 1.807) is 19.1 Å². The van der Waals surface area contributed by atoms with Crippen LogP contribution in [-0.2, 0) is 4.74 Å². The normalized spacial score (nSPS) is 9.21. The summed E-state index contributed by atoms with van der Waals surface area (Å²) < 4.78 is 5.48. The highest BCUT2D eigenvalue weighted by Gasteiger charge is 2.08. The summed E-state index contributed by atoms with van der Waals surface area (Å²) in [5.41, 5.74) is 0.821. The van der Waals surface area contributed by atoms with Crippen LogP contribution in [0.25, 0.3) is 0 Å². The van der Waals surface area contributed by atoms with E-state index >= 15 is 0 Å². The minimum Gasteiger partial charge on any atom is -0.462 e. The highest BCUT2D eigenvalue weighted by Crippen LogP contribution is 2.17. The number of carbonyl (C=O) groups excluding carboxylic acids is 1. The molecule has 0 spiro atoms. The van der Waals surface area contributed by atoms with E-state index in [4.69, 9.17) is 10.00 Å². The number of ether oxygens (including phenoxy) is 1. The summed E-state index contributed by atoms with van der Waals surface area (Å²) in [5.74, 6) is -0.406. The van der Waals surface area contributed by atoms with Crippen molar-refractivity contribution in [1.29, 1.82) is 5.26 Å². The largest absolute Gasteiger partial charge is 0.462 e. The van der Waals surface area contributed by atoms with Crippen molar-refractivity contribution in [2.45, 2.75) is 6.92 Å². The molecule has 0 aliphatic heterocycles. The van der Waals surface area contributed by atoms with Crippen LogP contribution in [0.15, 0.2) is 22.7 Å². The van der Waals surface area contributed by atoms with Crippen molar-refractivity contribution >= 4 is 21.9 Å². The highest BCUT2D eigenvalue weighted by atomic mass is 79.9. The quantitative estimate of drug-likeness (QED) is 0.762. The fourth-order valence-electron chi connectivity index (χ4n) is 0.952. The average molecular weight is 254 g/mol. The van der Waals surface area contributed by atoms with E-state index in [0.717, 1.165) is 0 Å². The highest BCUT2D eigenvalue weighted by molar-refractivity contribution is 9.10. The predicted molar refractivity (Wildman–Crippen MR) is 54.8 cm³/mol. The number of halogens is 1. The van der Waals surface area contributed by atoms with Gasteiger partial charge in [-0.15, -0.1) is 0 Å². The van der Waals surface area contributed by atoms with Gasteiger partial charge in [0, 0.05) is 4.47 Å². The molecule has 1 aromatic carbocycles. The van der Waals surface area contributed by atoms with Crippen molar-refractivity contribution in [1.82, 2.24) is 0 Å². The van der Waals surface area contributed by atoms with Crippen molar-refractivity contribution in [2.75, 3.05) is 6.61 Å². The zero-order valence-corrected chi connectivity index (χ0v) is 9.17. The zero-order chi connectivity index (χ0) is 10.6. The molecule has 0 radical (unpaired) electrons. The second-order valence-corrected chi connectivity index (χ2v) is 3.38. The Morgan fingerprint density at radius 3 is 2.93 bits per heavy atom. The summed E-state index contributed by atoms with van der Waals surface area (Å²) in [7, 11) is 0. The van der Waals surface area contributed by atoms with Gasteiger partial charge in [-0.3, -0.25) is 0 Å². The molecule has 0 saturated carbocycles. The lowest BCUT2D eigenvalue weighted by Crippen LogP contribution is -2.04. The van der Waals surface area contributed by atoms with E-state index in [9.17, 15) is 4.79 Å². The molecule has 1 aromatic rings. The number of benzene rings is 1. The molecule has 0 unspecified atom stereocenters. The lowest BCUT2D eigenvalue weighted by molar-refractivity contribution is 0.0526. The Balaban J connectivity index is 3.02. The maximum atomic E-state index is 11.3. The number of hydrogen-bond donors (Lipinski definition) is 0. The second kappa shape index (κ2) is 4.77. The minimum absolute atomic E-state index is 0.330. The van der Waals surface area contributed by atoms with Crippen molar-refractivity contribution in [2.24, 2.45) is 0 Å². The van der Waals surface area contributed by atoms with E-state index in [-0.39, 0.29) is 0 Å². The number of esters is 1. The Kier molecular flexibility index (Phi) is 3.66. The summed E-state index contributed by atoms with van der Waals surface area (Å²) in [6.45, 7) is 2.07. The third kappa shape index (κ3) is 2.33. The first-order valence-corrected chi connectivity index (χ1v) is 4.85. The molecule has 3 nitrogen and oxygen atoms in total. The predicted octanol–water partition coefficient (Wildman–Crippen LogP) is 2.50. The molecule has 0 N–H and O–H groups in total. The summed E-state index contributed by atoms with van der Waals surface area (Å²) in [4.78, 5) is 11.3. The van der Waals surface area contributed by atoms with Gasteiger partial charge in [-0.05, 0) is 41.1 Å². The topological polar surface area (TPSA) is 50.1 Å². The van der Waals surface area contributed by atoms with Crippen LogP contribution in [0, 0.1) is 11.3 Å². The van der Waals surface area contributed by atoms with Crippen LogP contribution in [0.3, 0.4) is 0 Å². The van der Waals surface area contributed by atoms with Gasteiger partial charge in [-0.2, -0.15) is 5.26 Å². The summed E-state index contributed by atoms with van der Waals surface area (Å²) in [6.07, 6.45) is 0. The van der Waals surface area contributed by atoms with Gasteiger partial charge in [0.1, 0.15) is 6.07 Å². The molecule has 0 bridgehead atoms. The Morgan fingerprint density at radius 1 is 1.64 bits per heavy atom. The molecular weight excluding hydrogens is 246 g/mol. The molecular formula is C10H8BrNO2. The van der Waals surface area contributed by atoms with Gasteiger partial charge >= 0.3 is 5.97 Å². The lowest BCUT2D eigenvalue weighted by Gasteiger charge is -2.02. The molecule has 0 aliphatic rings. The maximum Gasteiger partial charge on any atom is 0.338 e. The third-order valence-corrected chi connectivity index (χ3v) is 2.29. The van der Waals surface area contributed by atoms with E-state index in [2.05, 4.69) is 15.9 Å². The van der Waals surface area contributed by atoms with Crippen LogP contribution in [-0.4, -0.2) is 12.6 Å². The number of carbonyl (C=O) groups is 1. The summed E-state index contributed by atoms with van der Waals surface area (Å²) in [5, 5.41) is 8.72. The zero-order valence-electron chi connectivity index (χ0n) is 7.58. The number of nitrogens with zero attached hydrogens (tertiary/aromatic N) is 1. The second-order valence-electron chi connectivity index (χ2n) is 2.53. The molecule has 1 rings (SSSR count). The molecule has 0 aromatic heterocycles. The molecule has 0 aliphatic carbocycles. The van der Waals surface area contributed by atoms with Crippen LogP contribution >= 0.6 is 15.9 Å². The number of hydrogen-bond acceptors (Lipinski definition) is 3. The summed E-state index contributed by atoms with van der Waals surface area (Å²) in [6, 6.07) is 6.75. The van der Waals surface area contributed by atoms with Gasteiger partial charge in [0.05, 0.1) is 17.7 Å². The fourth-order valence-corrected chi connectivity index (χ4v) is 1.29. The monoisotopic (exact) mass is 253 g/mol. The van der Waals surface area contributed by atoms with Gasteiger partial charge in [0.2, 0.25) is 0 Å². The van der Waals surface area contributed by atoms with Crippen LogP contribution in [0.2, 0.25) is 0 Å². The van der Waals surface area contributed by atoms with Gasteiger partial charge in [-0.1, -0.05) is 0 Å². The number of nitriles is 1. The third-order valence-electron chi connectivity index (χ3n) is 1.60. The first kappa shape index (κ1) is 10.7. The molecule has 14 heavy (non-hydrogen) atoms. The van der Waals surface area contributed by atoms with Crippen LogP contribution < -0.4 is 0 Å². The molecule has 0 saturated heterocycles. The van der Waals surface area contributed by atoms with Gasteiger partial charge in [0.15, 0.2) is 0 Å². The smallest absolute Gasteiger partial charge is 0.338 e. The molecule has 0 heterocycles. The molecule has 4 heteroatoms. The molecule has 0 atom stereocenters. The maximum absolute atomic E-state index is 11.3. The van der Waals surface area contributed by atoms with E-state index in [0.29, 0.717) is 22.2 Å². The Hall–Kier alpha value is -1.34. The first-order chi connectivity index (χ1) is 6.69. The van der Waals surface area contributed by atoms with Crippen LogP contribution in [0.5, 0.6) is 0 Å². The Bertz CT molecular complexity index is 396. The Morgan fingerprint density at radius 2 is 2.36 bits per heavy atom. The average Bonchev–Trinajstić information content (AvgIpc) is 2.19. The van der Waals surface area contributed by atoms with E-state index < -0.39 is 5.97 Å². The Labute approximate surface area is 90.4 Å². The van der Waals surface area contributed by atoms with Gasteiger partial charge in [0.25, 0.3) is 0 Å². The van der Waals surface area contributed by atoms with Crippen molar-refractivity contribution in [3.63, 3.8) is 0 Å². The SMILES string of the molecule is CCOC(=O)c1ccc(Br)c(C#N)c1. The van der Waals surface area contributed by atoms with Gasteiger partial charge in [-0.25, -0.2) is 4.79 Å².